The summed E-state index contributed by atoms with van der Waals surface area (Å²) in [6, 6.07) is 36.9. The van der Waals surface area contributed by atoms with Crippen molar-refractivity contribution in [2.45, 2.75) is 0 Å². The van der Waals surface area contributed by atoms with Crippen molar-refractivity contribution in [2.75, 3.05) is 0 Å². The Bertz CT molecular complexity index is 2040. The highest BCUT2D eigenvalue weighted by Gasteiger charge is 2.18. The number of nitrogens with zero attached hydrogens (tertiary/aromatic N) is 1. The van der Waals surface area contributed by atoms with Crippen LogP contribution in [0.15, 0.2) is 108 Å². The zero-order valence-corrected chi connectivity index (χ0v) is 18.4. The fourth-order valence-electron chi connectivity index (χ4n) is 5.36. The van der Waals surface area contributed by atoms with E-state index in [9.17, 15) is 0 Å². The average molecular weight is 440 g/mol. The van der Waals surface area contributed by atoms with Crippen molar-refractivity contribution in [1.82, 2.24) is 4.57 Å². The Labute approximate surface area is 192 Å². The van der Waals surface area contributed by atoms with Crippen LogP contribution in [0.1, 0.15) is 0 Å². The first kappa shape index (κ1) is 17.5. The van der Waals surface area contributed by atoms with Crippen LogP contribution < -0.4 is 0 Å². The van der Waals surface area contributed by atoms with Gasteiger partial charge < -0.3 is 8.98 Å². The number of benzene rings is 5. The van der Waals surface area contributed by atoms with Gasteiger partial charge in [0.1, 0.15) is 11.2 Å². The summed E-state index contributed by atoms with van der Waals surface area (Å²) in [4.78, 5) is 0. The fourth-order valence-corrected chi connectivity index (χ4v) is 6.56. The van der Waals surface area contributed by atoms with E-state index in [1.807, 2.05) is 23.5 Å². The van der Waals surface area contributed by atoms with E-state index in [0.717, 1.165) is 16.6 Å². The van der Waals surface area contributed by atoms with Gasteiger partial charge in [-0.15, -0.1) is 11.3 Å². The monoisotopic (exact) mass is 439 g/mol. The standard InChI is InChI=1S/C30H17NOS/c1-4-12-24-18(8-1)22-16-23-19-9-2-5-14-27(19)32-28(23)17-26(22)31(24)25-13-7-11-21-20-10-3-6-15-29(20)33-30(21)25/h1-17H. The van der Waals surface area contributed by atoms with E-state index < -0.39 is 0 Å². The molecule has 2 nitrogen and oxygen atoms in total. The molecule has 8 rings (SSSR count). The van der Waals surface area contributed by atoms with Crippen molar-refractivity contribution < 1.29 is 4.42 Å². The molecule has 33 heavy (non-hydrogen) atoms. The van der Waals surface area contributed by atoms with Crippen LogP contribution in [0.5, 0.6) is 0 Å². The van der Waals surface area contributed by atoms with Crippen LogP contribution >= 0.6 is 11.3 Å². The molecule has 0 aliphatic rings. The molecule has 154 valence electrons. The Morgan fingerprint density at radius 2 is 1.27 bits per heavy atom. The Hall–Kier alpha value is -4.08. The third-order valence-corrected chi connectivity index (χ3v) is 8.00. The summed E-state index contributed by atoms with van der Waals surface area (Å²) < 4.78 is 11.3. The molecule has 0 amide bonds. The van der Waals surface area contributed by atoms with Gasteiger partial charge in [-0.3, -0.25) is 0 Å². The summed E-state index contributed by atoms with van der Waals surface area (Å²) in [6.45, 7) is 0. The summed E-state index contributed by atoms with van der Waals surface area (Å²) in [6.07, 6.45) is 0. The quantitative estimate of drug-likeness (QED) is 0.249. The van der Waals surface area contributed by atoms with E-state index in [4.69, 9.17) is 4.42 Å². The number of rotatable bonds is 1. The van der Waals surface area contributed by atoms with Gasteiger partial charge >= 0.3 is 0 Å². The molecule has 0 unspecified atom stereocenters. The predicted molar refractivity (Wildman–Crippen MR) is 141 cm³/mol. The van der Waals surface area contributed by atoms with E-state index >= 15 is 0 Å². The fraction of sp³-hybridized carbons (Fsp3) is 0. The number of para-hydroxylation sites is 2. The molecular formula is C30H17NOS. The van der Waals surface area contributed by atoms with Gasteiger partial charge in [0.25, 0.3) is 0 Å². The molecule has 0 aliphatic carbocycles. The molecule has 3 heteroatoms. The molecule has 0 bridgehead atoms. The van der Waals surface area contributed by atoms with Gasteiger partial charge in [-0.25, -0.2) is 0 Å². The van der Waals surface area contributed by atoms with Crippen molar-refractivity contribution in [1.29, 1.82) is 0 Å². The number of fused-ring (bicyclic) bond motifs is 9. The zero-order valence-electron chi connectivity index (χ0n) is 17.6. The van der Waals surface area contributed by atoms with E-state index in [1.54, 1.807) is 0 Å². The topological polar surface area (TPSA) is 18.1 Å². The summed E-state index contributed by atoms with van der Waals surface area (Å²) >= 11 is 1.87. The molecule has 0 spiro atoms. The Kier molecular flexibility index (Phi) is 3.31. The maximum absolute atomic E-state index is 6.27. The lowest BCUT2D eigenvalue weighted by atomic mass is 10.1. The van der Waals surface area contributed by atoms with E-state index in [1.165, 1.54) is 53.1 Å². The third kappa shape index (κ3) is 2.27. The molecule has 3 heterocycles. The summed E-state index contributed by atoms with van der Waals surface area (Å²) in [5.74, 6) is 0. The van der Waals surface area contributed by atoms with Crippen LogP contribution in [0.2, 0.25) is 0 Å². The van der Waals surface area contributed by atoms with Crippen molar-refractivity contribution in [2.24, 2.45) is 0 Å². The number of aromatic nitrogens is 1. The van der Waals surface area contributed by atoms with Crippen molar-refractivity contribution >= 4 is 75.3 Å². The first-order chi connectivity index (χ1) is 16.4. The minimum atomic E-state index is 0.927. The largest absolute Gasteiger partial charge is 0.456 e. The van der Waals surface area contributed by atoms with Gasteiger partial charge in [-0.2, -0.15) is 0 Å². The number of hydrogen-bond acceptors (Lipinski definition) is 2. The van der Waals surface area contributed by atoms with Crippen LogP contribution in [-0.4, -0.2) is 4.57 Å². The van der Waals surface area contributed by atoms with Crippen LogP contribution in [0, 0.1) is 0 Å². The maximum Gasteiger partial charge on any atom is 0.137 e. The second-order valence-corrected chi connectivity index (χ2v) is 9.62. The normalized spacial score (nSPS) is 12.2. The molecule has 0 radical (unpaired) electrons. The number of furan rings is 1. The molecule has 0 aliphatic heterocycles. The first-order valence-electron chi connectivity index (χ1n) is 11.1. The Morgan fingerprint density at radius 1 is 0.515 bits per heavy atom. The molecule has 0 fully saturated rings. The second kappa shape index (κ2) is 6.25. The van der Waals surface area contributed by atoms with Gasteiger partial charge in [0, 0.05) is 43.1 Å². The molecule has 0 saturated heterocycles. The summed E-state index contributed by atoms with van der Waals surface area (Å²) in [5.41, 5.74) is 5.47. The Morgan fingerprint density at radius 3 is 2.21 bits per heavy atom. The van der Waals surface area contributed by atoms with Crippen molar-refractivity contribution in [3.63, 3.8) is 0 Å². The van der Waals surface area contributed by atoms with Gasteiger partial charge in [0.2, 0.25) is 0 Å². The van der Waals surface area contributed by atoms with Crippen LogP contribution in [-0.2, 0) is 0 Å². The molecule has 5 aromatic carbocycles. The lowest BCUT2D eigenvalue weighted by Crippen LogP contribution is -1.93. The first-order valence-corrected chi connectivity index (χ1v) is 11.9. The van der Waals surface area contributed by atoms with Gasteiger partial charge in [0.15, 0.2) is 0 Å². The van der Waals surface area contributed by atoms with Gasteiger partial charge in [-0.05, 0) is 30.3 Å². The van der Waals surface area contributed by atoms with E-state index in [0.29, 0.717) is 0 Å². The van der Waals surface area contributed by atoms with E-state index in [2.05, 4.69) is 95.6 Å². The lowest BCUT2D eigenvalue weighted by molar-refractivity contribution is 0.669. The lowest BCUT2D eigenvalue weighted by Gasteiger charge is -2.09. The highest BCUT2D eigenvalue weighted by Crippen LogP contribution is 2.42. The molecule has 0 saturated carbocycles. The van der Waals surface area contributed by atoms with Crippen molar-refractivity contribution in [3.05, 3.63) is 103 Å². The van der Waals surface area contributed by atoms with Gasteiger partial charge in [-0.1, -0.05) is 66.7 Å². The Balaban J connectivity index is 1.57. The van der Waals surface area contributed by atoms with Crippen molar-refractivity contribution in [3.8, 4) is 5.69 Å². The molecule has 0 atom stereocenters. The minimum absolute atomic E-state index is 0.927. The van der Waals surface area contributed by atoms with Crippen LogP contribution in [0.25, 0.3) is 69.6 Å². The van der Waals surface area contributed by atoms with Crippen LogP contribution in [0.3, 0.4) is 0 Å². The van der Waals surface area contributed by atoms with E-state index in [-0.39, 0.29) is 0 Å². The molecule has 0 N–H and O–H groups in total. The highest BCUT2D eigenvalue weighted by atomic mass is 32.1. The smallest absolute Gasteiger partial charge is 0.137 e. The highest BCUT2D eigenvalue weighted by molar-refractivity contribution is 7.26. The summed E-state index contributed by atoms with van der Waals surface area (Å²) in [7, 11) is 0. The summed E-state index contributed by atoms with van der Waals surface area (Å²) in [5, 5.41) is 7.48. The third-order valence-electron chi connectivity index (χ3n) is 6.80. The zero-order chi connectivity index (χ0) is 21.5. The average Bonchev–Trinajstić information content (AvgIpc) is 3.52. The SMILES string of the molecule is c1ccc2c(c1)oc1cc3c(cc12)c1ccccc1n3-c1cccc2c1sc1ccccc12. The second-order valence-electron chi connectivity index (χ2n) is 8.57. The predicted octanol–water partition coefficient (Wildman–Crippen LogP) is 9.05. The number of hydrogen-bond donors (Lipinski definition) is 0. The minimum Gasteiger partial charge on any atom is -0.456 e. The maximum atomic E-state index is 6.27. The van der Waals surface area contributed by atoms with Crippen LogP contribution in [0.4, 0.5) is 0 Å². The molecule has 3 aromatic heterocycles. The molecular weight excluding hydrogens is 422 g/mol. The molecule has 8 aromatic rings. The van der Waals surface area contributed by atoms with Gasteiger partial charge in [0.05, 0.1) is 21.4 Å². The number of thiophene rings is 1.